The molecule has 116 valence electrons. The van der Waals surface area contributed by atoms with Crippen molar-refractivity contribution >= 4 is 22.7 Å². The highest BCUT2D eigenvalue weighted by atomic mass is 35.5. The fourth-order valence-electron chi connectivity index (χ4n) is 1.98. The number of halogens is 1. The minimum absolute atomic E-state index is 0.191. The molecular formula is C17H13ClN2O3. The molecule has 0 aliphatic carbocycles. The van der Waals surface area contributed by atoms with Gasteiger partial charge in [-0.15, -0.1) is 0 Å². The van der Waals surface area contributed by atoms with Crippen molar-refractivity contribution in [2.24, 2.45) is 0 Å². The summed E-state index contributed by atoms with van der Waals surface area (Å²) in [5.74, 6) is 1.55. The molecule has 0 aliphatic rings. The van der Waals surface area contributed by atoms with Crippen molar-refractivity contribution in [3.8, 4) is 22.9 Å². The lowest BCUT2D eigenvalue weighted by molar-refractivity contribution is 0.409. The van der Waals surface area contributed by atoms with Gasteiger partial charge in [-0.05, 0) is 35.9 Å². The largest absolute Gasteiger partial charge is 0.508 e. The minimum atomic E-state index is 0.191. The molecule has 0 bridgehead atoms. The molecule has 0 aliphatic heterocycles. The molecule has 23 heavy (non-hydrogen) atoms. The summed E-state index contributed by atoms with van der Waals surface area (Å²) >= 11 is 6.22. The maximum Gasteiger partial charge on any atom is 0.269 e. The van der Waals surface area contributed by atoms with Crippen LogP contribution in [0.25, 0.3) is 22.5 Å². The molecule has 2 aromatic carbocycles. The van der Waals surface area contributed by atoms with Crippen molar-refractivity contribution in [2.45, 2.75) is 0 Å². The molecule has 0 fully saturated rings. The van der Waals surface area contributed by atoms with Gasteiger partial charge < -0.3 is 14.4 Å². The standard InChI is InChI=1S/C17H13ClN2O3/c1-22-14-4-2-3-12(10-14)16-19-17(23-20-16)15(18)9-11-5-7-13(21)8-6-11/h2-10,21H,1H3/b15-9-. The average Bonchev–Trinajstić information content (AvgIpc) is 3.07. The molecule has 1 aromatic heterocycles. The number of benzene rings is 2. The van der Waals surface area contributed by atoms with Crippen molar-refractivity contribution < 1.29 is 14.4 Å². The topological polar surface area (TPSA) is 68.4 Å². The van der Waals surface area contributed by atoms with E-state index >= 15 is 0 Å². The van der Waals surface area contributed by atoms with E-state index in [2.05, 4.69) is 10.1 Å². The molecule has 0 radical (unpaired) electrons. The highest BCUT2D eigenvalue weighted by Crippen LogP contribution is 2.26. The van der Waals surface area contributed by atoms with E-state index in [1.165, 1.54) is 0 Å². The first-order valence-electron chi connectivity index (χ1n) is 6.80. The lowest BCUT2D eigenvalue weighted by Gasteiger charge is -1.99. The van der Waals surface area contributed by atoms with Crippen LogP contribution in [0.2, 0.25) is 0 Å². The smallest absolute Gasteiger partial charge is 0.269 e. The van der Waals surface area contributed by atoms with Crippen molar-refractivity contribution in [3.63, 3.8) is 0 Å². The van der Waals surface area contributed by atoms with E-state index < -0.39 is 0 Å². The fraction of sp³-hybridized carbons (Fsp3) is 0.0588. The Kier molecular flexibility index (Phi) is 4.30. The molecule has 0 spiro atoms. The van der Waals surface area contributed by atoms with Crippen LogP contribution in [0.1, 0.15) is 11.5 Å². The van der Waals surface area contributed by atoms with Gasteiger partial charge in [0, 0.05) is 5.56 Å². The number of rotatable bonds is 4. The zero-order valence-electron chi connectivity index (χ0n) is 12.2. The molecule has 5 nitrogen and oxygen atoms in total. The van der Waals surface area contributed by atoms with Gasteiger partial charge in [-0.3, -0.25) is 0 Å². The van der Waals surface area contributed by atoms with Crippen molar-refractivity contribution in [1.82, 2.24) is 10.1 Å². The van der Waals surface area contributed by atoms with Crippen LogP contribution in [0.4, 0.5) is 0 Å². The van der Waals surface area contributed by atoms with Crippen molar-refractivity contribution in [3.05, 3.63) is 60.0 Å². The van der Waals surface area contributed by atoms with E-state index in [0.717, 1.165) is 11.1 Å². The molecule has 3 rings (SSSR count). The number of hydrogen-bond acceptors (Lipinski definition) is 5. The van der Waals surface area contributed by atoms with Crippen LogP contribution in [-0.4, -0.2) is 22.4 Å². The van der Waals surface area contributed by atoms with Gasteiger partial charge in [-0.25, -0.2) is 0 Å². The van der Waals surface area contributed by atoms with Crippen LogP contribution >= 0.6 is 11.6 Å². The fourth-order valence-corrected chi connectivity index (χ4v) is 2.18. The van der Waals surface area contributed by atoms with E-state index in [1.807, 2.05) is 24.3 Å². The maximum absolute atomic E-state index is 9.28. The molecule has 0 atom stereocenters. The summed E-state index contributed by atoms with van der Waals surface area (Å²) in [6.07, 6.45) is 1.68. The number of aromatic nitrogens is 2. The zero-order valence-corrected chi connectivity index (χ0v) is 13.0. The molecule has 0 amide bonds. The van der Waals surface area contributed by atoms with Crippen LogP contribution in [0.3, 0.4) is 0 Å². The summed E-state index contributed by atoms with van der Waals surface area (Å²) in [6, 6.07) is 14.0. The summed E-state index contributed by atoms with van der Waals surface area (Å²) in [5, 5.41) is 13.5. The third-order valence-electron chi connectivity index (χ3n) is 3.14. The molecule has 6 heteroatoms. The Morgan fingerprint density at radius 1 is 1.22 bits per heavy atom. The summed E-state index contributed by atoms with van der Waals surface area (Å²) in [7, 11) is 1.60. The van der Waals surface area contributed by atoms with Gasteiger partial charge >= 0.3 is 0 Å². The third kappa shape index (κ3) is 3.52. The van der Waals surface area contributed by atoms with Gasteiger partial charge in [-0.1, -0.05) is 41.0 Å². The SMILES string of the molecule is COc1cccc(-c2noc(/C(Cl)=C/c3ccc(O)cc3)n2)c1. The Bertz CT molecular complexity index is 841. The first-order chi connectivity index (χ1) is 11.2. The highest BCUT2D eigenvalue weighted by molar-refractivity contribution is 6.50. The van der Waals surface area contributed by atoms with Crippen LogP contribution in [0, 0.1) is 0 Å². The Hall–Kier alpha value is -2.79. The lowest BCUT2D eigenvalue weighted by Crippen LogP contribution is -1.85. The second-order valence-electron chi connectivity index (χ2n) is 4.74. The number of ether oxygens (including phenoxy) is 1. The Balaban J connectivity index is 1.87. The predicted molar refractivity (Wildman–Crippen MR) is 88.1 cm³/mol. The number of phenolic OH excluding ortho intramolecular Hbond substituents is 1. The third-order valence-corrected chi connectivity index (χ3v) is 3.42. The van der Waals surface area contributed by atoms with Crippen molar-refractivity contribution in [1.29, 1.82) is 0 Å². The van der Waals surface area contributed by atoms with Gasteiger partial charge in [0.25, 0.3) is 5.89 Å². The molecule has 3 aromatic rings. The highest BCUT2D eigenvalue weighted by Gasteiger charge is 2.12. The number of nitrogens with zero attached hydrogens (tertiary/aromatic N) is 2. The normalized spacial score (nSPS) is 11.5. The predicted octanol–water partition coefficient (Wildman–Crippen LogP) is 4.19. The van der Waals surface area contributed by atoms with E-state index in [-0.39, 0.29) is 11.6 Å². The second-order valence-corrected chi connectivity index (χ2v) is 5.15. The first kappa shape index (κ1) is 15.1. The van der Waals surface area contributed by atoms with Gasteiger partial charge in [0.2, 0.25) is 5.82 Å². The quantitative estimate of drug-likeness (QED) is 0.777. The lowest BCUT2D eigenvalue weighted by atomic mass is 10.2. The van der Waals surface area contributed by atoms with Crippen LogP contribution < -0.4 is 4.74 Å². The summed E-state index contributed by atoms with van der Waals surface area (Å²) in [4.78, 5) is 4.29. The Morgan fingerprint density at radius 2 is 2.00 bits per heavy atom. The molecule has 0 saturated heterocycles. The molecule has 0 saturated carbocycles. The van der Waals surface area contributed by atoms with Crippen LogP contribution in [0.5, 0.6) is 11.5 Å². The number of aromatic hydroxyl groups is 1. The molecule has 1 heterocycles. The molecule has 0 unspecified atom stereocenters. The van der Waals surface area contributed by atoms with Gasteiger partial charge in [-0.2, -0.15) is 4.98 Å². The Morgan fingerprint density at radius 3 is 2.74 bits per heavy atom. The Labute approximate surface area is 137 Å². The summed E-state index contributed by atoms with van der Waals surface area (Å²) < 4.78 is 10.4. The monoisotopic (exact) mass is 328 g/mol. The number of phenols is 1. The maximum atomic E-state index is 9.28. The molecular weight excluding hydrogens is 316 g/mol. The second kappa shape index (κ2) is 6.54. The minimum Gasteiger partial charge on any atom is -0.508 e. The van der Waals surface area contributed by atoms with E-state index in [1.54, 1.807) is 37.5 Å². The van der Waals surface area contributed by atoms with Crippen LogP contribution in [-0.2, 0) is 0 Å². The number of methoxy groups -OCH3 is 1. The van der Waals surface area contributed by atoms with E-state index in [9.17, 15) is 5.11 Å². The van der Waals surface area contributed by atoms with Gasteiger partial charge in [0.05, 0.1) is 7.11 Å². The van der Waals surface area contributed by atoms with E-state index in [0.29, 0.717) is 16.6 Å². The van der Waals surface area contributed by atoms with Crippen LogP contribution in [0.15, 0.2) is 53.1 Å². The summed E-state index contributed by atoms with van der Waals surface area (Å²) in [5.41, 5.74) is 1.59. The number of hydrogen-bond donors (Lipinski definition) is 1. The van der Waals surface area contributed by atoms with E-state index in [4.69, 9.17) is 20.9 Å². The average molecular weight is 329 g/mol. The first-order valence-corrected chi connectivity index (χ1v) is 7.18. The van der Waals surface area contributed by atoms with Crippen molar-refractivity contribution in [2.75, 3.05) is 7.11 Å². The zero-order chi connectivity index (χ0) is 16.2. The molecule has 1 N–H and O–H groups in total. The van der Waals surface area contributed by atoms with Gasteiger partial charge in [0.15, 0.2) is 0 Å². The van der Waals surface area contributed by atoms with Gasteiger partial charge in [0.1, 0.15) is 16.5 Å². The summed E-state index contributed by atoms with van der Waals surface area (Å²) in [6.45, 7) is 0.